The van der Waals surface area contributed by atoms with Gasteiger partial charge in [-0.05, 0) is 17.4 Å². The summed E-state index contributed by atoms with van der Waals surface area (Å²) in [5, 5.41) is 28.3. The fourth-order valence-electron chi connectivity index (χ4n) is 1.57. The minimum absolute atomic E-state index is 0.0827. The summed E-state index contributed by atoms with van der Waals surface area (Å²) in [7, 11) is 0. The van der Waals surface area contributed by atoms with Gasteiger partial charge in [0.25, 0.3) is 11.9 Å². The molecule has 0 radical (unpaired) electrons. The summed E-state index contributed by atoms with van der Waals surface area (Å²) < 4.78 is 31.7. The van der Waals surface area contributed by atoms with E-state index in [1.165, 1.54) is 0 Å². The second-order valence-corrected chi connectivity index (χ2v) is 5.25. The van der Waals surface area contributed by atoms with Crippen molar-refractivity contribution in [3.8, 4) is 11.8 Å². The third kappa shape index (κ3) is 7.96. The number of H-pyrrole nitrogens is 1. The Bertz CT molecular complexity index is 905. The third-order valence-corrected chi connectivity index (χ3v) is 2.98. The second kappa shape index (κ2) is 11.1. The molecule has 1 unspecified atom stereocenters. The highest BCUT2D eigenvalue weighted by Gasteiger charge is 2.40. The van der Waals surface area contributed by atoms with Gasteiger partial charge in [0.15, 0.2) is 6.04 Å². The molecule has 0 aliphatic carbocycles. The topological polar surface area (TPSA) is 192 Å². The highest BCUT2D eigenvalue weighted by Crippen LogP contribution is 2.13. The lowest BCUT2D eigenvalue weighted by Crippen LogP contribution is -2.32. The summed E-state index contributed by atoms with van der Waals surface area (Å²) in [4.78, 5) is 49.0. The smallest absolute Gasteiger partial charge is 0.475 e. The molecule has 1 atom stereocenters. The predicted molar refractivity (Wildman–Crippen MR) is 92.9 cm³/mol. The number of hydrogen-bond donors (Lipinski definition) is 4. The molecule has 1 aliphatic heterocycles. The van der Waals surface area contributed by atoms with E-state index in [0.29, 0.717) is 5.84 Å². The van der Waals surface area contributed by atoms with Gasteiger partial charge in [-0.1, -0.05) is 29.0 Å². The number of amidine groups is 1. The number of nitrogens with zero attached hydrogens (tertiary/aromatic N) is 5. The number of hydrogen-bond acceptors (Lipinski definition) is 9. The van der Waals surface area contributed by atoms with E-state index in [-0.39, 0.29) is 18.9 Å². The summed E-state index contributed by atoms with van der Waals surface area (Å²) in [5.41, 5.74) is 0. The van der Waals surface area contributed by atoms with Crippen LogP contribution < -0.4 is 15.5 Å². The maximum Gasteiger partial charge on any atom is 0.490 e. The van der Waals surface area contributed by atoms with Gasteiger partial charge in [0.1, 0.15) is 5.84 Å². The van der Waals surface area contributed by atoms with Crippen LogP contribution in [0.15, 0.2) is 5.16 Å². The summed E-state index contributed by atoms with van der Waals surface area (Å²) in [5.74, 6) is 1.74. The SMILES string of the molecule is CCC(=O)ON=C(C)NCC#CC1NC(=O)N(c2nnn[nH]2)C1=O.O=C(O)C(F)(F)F. The van der Waals surface area contributed by atoms with Crippen LogP contribution in [0.4, 0.5) is 23.9 Å². The first-order valence-electron chi connectivity index (χ1n) is 8.12. The molecule has 2 heterocycles. The van der Waals surface area contributed by atoms with E-state index in [9.17, 15) is 27.6 Å². The molecular weight excluding hydrogens is 433 g/mol. The molecule has 1 saturated heterocycles. The van der Waals surface area contributed by atoms with Crippen molar-refractivity contribution < 1.29 is 42.3 Å². The molecule has 1 aliphatic rings. The Labute approximate surface area is 171 Å². The largest absolute Gasteiger partial charge is 0.490 e. The number of aromatic nitrogens is 4. The van der Waals surface area contributed by atoms with Gasteiger partial charge in [0.05, 0.1) is 6.54 Å². The van der Waals surface area contributed by atoms with Crippen molar-refractivity contribution in [2.75, 3.05) is 11.4 Å². The molecule has 168 valence electrons. The molecular formula is C14H15F3N8O6. The average Bonchev–Trinajstić information content (AvgIpc) is 3.30. The lowest BCUT2D eigenvalue weighted by atomic mass is 10.3. The molecule has 14 nitrogen and oxygen atoms in total. The van der Waals surface area contributed by atoms with E-state index < -0.39 is 36.1 Å². The molecule has 1 aromatic rings. The van der Waals surface area contributed by atoms with Crippen molar-refractivity contribution in [2.45, 2.75) is 32.5 Å². The van der Waals surface area contributed by atoms with Crippen LogP contribution in [0.5, 0.6) is 0 Å². The van der Waals surface area contributed by atoms with Crippen molar-refractivity contribution in [3.63, 3.8) is 0 Å². The number of carboxylic acid groups (broad SMARTS) is 1. The Kier molecular flexibility index (Phi) is 8.87. The standard InChI is InChI=1S/C12H14N8O4.C2HF3O2/c1-3-9(21)24-17-7(2)13-6-4-5-8-10(22)20(12(23)14-8)11-15-18-19-16-11;3-2(4,5)1(6)7/h8H,3,6H2,1-2H3,(H,13,17)(H,14,23)(H,15,16,18,19);(H,6,7). The summed E-state index contributed by atoms with van der Waals surface area (Å²) >= 11 is 0. The van der Waals surface area contributed by atoms with Gasteiger partial charge in [-0.15, -0.1) is 0 Å². The summed E-state index contributed by atoms with van der Waals surface area (Å²) in [6.45, 7) is 3.38. The molecule has 3 amide bonds. The van der Waals surface area contributed by atoms with E-state index in [0.717, 1.165) is 4.90 Å². The zero-order valence-electron chi connectivity index (χ0n) is 15.8. The zero-order chi connectivity index (χ0) is 23.6. The monoisotopic (exact) mass is 448 g/mol. The Balaban J connectivity index is 0.000000592. The predicted octanol–water partition coefficient (Wildman–Crippen LogP) is -0.863. The minimum atomic E-state index is -5.08. The number of carbonyl (C=O) groups is 4. The maximum atomic E-state index is 12.1. The van der Waals surface area contributed by atoms with Crippen molar-refractivity contribution in [3.05, 3.63) is 0 Å². The van der Waals surface area contributed by atoms with Crippen LogP contribution in [0, 0.1) is 11.8 Å². The maximum absolute atomic E-state index is 12.1. The van der Waals surface area contributed by atoms with E-state index >= 15 is 0 Å². The van der Waals surface area contributed by atoms with Crippen LogP contribution in [0.1, 0.15) is 20.3 Å². The number of aromatic amines is 1. The number of halogens is 3. The minimum Gasteiger partial charge on any atom is -0.475 e. The first-order valence-corrected chi connectivity index (χ1v) is 8.12. The molecule has 0 spiro atoms. The van der Waals surface area contributed by atoms with E-state index in [1.54, 1.807) is 13.8 Å². The number of urea groups is 1. The van der Waals surface area contributed by atoms with Crippen LogP contribution in [-0.4, -0.2) is 74.2 Å². The van der Waals surface area contributed by atoms with Gasteiger partial charge in [0.2, 0.25) is 0 Å². The number of carbonyl (C=O) groups excluding carboxylic acids is 3. The molecule has 0 aromatic carbocycles. The average molecular weight is 448 g/mol. The van der Waals surface area contributed by atoms with Crippen LogP contribution in [-0.2, 0) is 19.2 Å². The molecule has 0 bridgehead atoms. The number of carboxylic acids is 1. The Hall–Kier alpha value is -4.23. The molecule has 1 fully saturated rings. The zero-order valence-corrected chi connectivity index (χ0v) is 15.8. The third-order valence-electron chi connectivity index (χ3n) is 2.98. The van der Waals surface area contributed by atoms with E-state index in [2.05, 4.69) is 53.1 Å². The summed E-state index contributed by atoms with van der Waals surface area (Å²) in [6.07, 6.45) is -4.86. The van der Waals surface area contributed by atoms with Crippen molar-refractivity contribution in [1.82, 2.24) is 31.3 Å². The highest BCUT2D eigenvalue weighted by molar-refractivity contribution is 6.21. The number of oxime groups is 1. The van der Waals surface area contributed by atoms with Gasteiger partial charge in [0, 0.05) is 6.42 Å². The fraction of sp³-hybridized carbons (Fsp3) is 0.429. The number of rotatable bonds is 4. The molecule has 4 N–H and O–H groups in total. The highest BCUT2D eigenvalue weighted by atomic mass is 19.4. The quantitative estimate of drug-likeness (QED) is 0.112. The number of aliphatic carboxylic acids is 1. The van der Waals surface area contributed by atoms with Gasteiger partial charge in [-0.2, -0.15) is 18.1 Å². The van der Waals surface area contributed by atoms with Gasteiger partial charge < -0.3 is 20.6 Å². The first-order chi connectivity index (χ1) is 14.5. The number of nitrogens with one attached hydrogen (secondary N) is 3. The van der Waals surface area contributed by atoms with Crippen LogP contribution in [0.25, 0.3) is 0 Å². The van der Waals surface area contributed by atoms with Crippen LogP contribution in [0.2, 0.25) is 0 Å². The molecule has 17 heteroatoms. The number of imide groups is 1. The number of anilines is 1. The molecule has 31 heavy (non-hydrogen) atoms. The van der Waals surface area contributed by atoms with Gasteiger partial charge >= 0.3 is 24.1 Å². The molecule has 1 aromatic heterocycles. The Morgan fingerprint density at radius 3 is 2.55 bits per heavy atom. The number of amides is 3. The van der Waals surface area contributed by atoms with E-state index in [4.69, 9.17) is 9.90 Å². The number of alkyl halides is 3. The lowest BCUT2D eigenvalue weighted by Gasteiger charge is -2.05. The van der Waals surface area contributed by atoms with Crippen LogP contribution >= 0.6 is 0 Å². The summed E-state index contributed by atoms with van der Waals surface area (Å²) in [6, 6.07) is -1.67. The second-order valence-electron chi connectivity index (χ2n) is 5.25. The van der Waals surface area contributed by atoms with E-state index in [1.807, 2.05) is 0 Å². The first kappa shape index (κ1) is 24.8. The van der Waals surface area contributed by atoms with Crippen molar-refractivity contribution in [2.24, 2.45) is 5.16 Å². The lowest BCUT2D eigenvalue weighted by molar-refractivity contribution is -0.192. The normalized spacial score (nSPS) is 15.8. The van der Waals surface area contributed by atoms with Gasteiger partial charge in [-0.3, -0.25) is 4.79 Å². The Morgan fingerprint density at radius 2 is 2.03 bits per heavy atom. The molecule has 0 saturated carbocycles. The fourth-order valence-corrected chi connectivity index (χ4v) is 1.57. The Morgan fingerprint density at radius 1 is 1.39 bits per heavy atom. The van der Waals surface area contributed by atoms with Crippen molar-refractivity contribution >= 4 is 35.7 Å². The van der Waals surface area contributed by atoms with Crippen LogP contribution in [0.3, 0.4) is 0 Å². The number of tetrazole rings is 1. The van der Waals surface area contributed by atoms with Crippen molar-refractivity contribution in [1.29, 1.82) is 0 Å². The molecule has 2 rings (SSSR count). The van der Waals surface area contributed by atoms with Gasteiger partial charge in [-0.25, -0.2) is 19.5 Å².